The Hall–Kier alpha value is -4.19. The third-order valence-electron chi connectivity index (χ3n) is 4.57. The number of carbonyl (C=O) groups is 2. The molecule has 34 heavy (non-hydrogen) atoms. The number of rotatable bonds is 5. The average Bonchev–Trinajstić information content (AvgIpc) is 3.20. The van der Waals surface area contributed by atoms with Gasteiger partial charge in [-0.15, -0.1) is 5.10 Å². The first-order valence-corrected chi connectivity index (χ1v) is 10.4. The third-order valence-corrected chi connectivity index (χ3v) is 5.27. The largest absolute Gasteiger partial charge is 0.408 e. The van der Waals surface area contributed by atoms with Gasteiger partial charge in [0.1, 0.15) is 17.3 Å². The zero-order valence-electron chi connectivity index (χ0n) is 17.3. The first-order valence-electron chi connectivity index (χ1n) is 9.62. The lowest BCUT2D eigenvalue weighted by Gasteiger charge is -2.12. The van der Waals surface area contributed by atoms with Crippen LogP contribution in [-0.4, -0.2) is 26.6 Å². The van der Waals surface area contributed by atoms with Crippen LogP contribution in [0.4, 0.5) is 20.5 Å². The van der Waals surface area contributed by atoms with Crippen LogP contribution < -0.4 is 16.2 Å². The molecule has 0 aliphatic carbocycles. The Morgan fingerprint density at radius 2 is 1.65 bits per heavy atom. The van der Waals surface area contributed by atoms with Crippen molar-refractivity contribution in [1.82, 2.24) is 14.8 Å². The summed E-state index contributed by atoms with van der Waals surface area (Å²) in [4.78, 5) is 37.5. The highest BCUT2D eigenvalue weighted by Gasteiger charge is 2.17. The Kier molecular flexibility index (Phi) is 6.32. The molecule has 0 radical (unpaired) electrons. The molecule has 0 saturated heterocycles. The predicted molar refractivity (Wildman–Crippen MR) is 121 cm³/mol. The number of nitrogens with one attached hydrogen (secondary N) is 2. The summed E-state index contributed by atoms with van der Waals surface area (Å²) in [5, 5.41) is 12.3. The quantitative estimate of drug-likeness (QED) is 0.402. The van der Waals surface area contributed by atoms with Gasteiger partial charge in [0.05, 0.1) is 11.3 Å². The van der Waals surface area contributed by atoms with Gasteiger partial charge in [0.25, 0.3) is 17.4 Å². The van der Waals surface area contributed by atoms with Crippen molar-refractivity contribution in [1.29, 1.82) is 0 Å². The number of anilines is 2. The van der Waals surface area contributed by atoms with Gasteiger partial charge in [0.2, 0.25) is 5.89 Å². The first-order chi connectivity index (χ1) is 16.2. The second-order valence-electron chi connectivity index (χ2n) is 6.93. The first kappa shape index (κ1) is 23.0. The molecule has 2 aromatic heterocycles. The number of aromatic nitrogens is 3. The van der Waals surface area contributed by atoms with Crippen molar-refractivity contribution in [3.63, 3.8) is 0 Å². The number of pyridine rings is 1. The van der Waals surface area contributed by atoms with Crippen LogP contribution in [0.15, 0.2) is 68.4 Å². The summed E-state index contributed by atoms with van der Waals surface area (Å²) >= 11 is 3.29. The molecule has 172 valence electrons. The van der Waals surface area contributed by atoms with E-state index in [0.717, 1.165) is 30.5 Å². The zero-order valence-corrected chi connectivity index (χ0v) is 18.9. The van der Waals surface area contributed by atoms with Gasteiger partial charge in [-0.25, -0.2) is 8.78 Å². The Balaban J connectivity index is 1.60. The topological polar surface area (TPSA) is 119 Å². The molecule has 9 nitrogen and oxygen atoms in total. The maximum Gasteiger partial charge on any atom is 0.322 e. The molecule has 4 rings (SSSR count). The third kappa shape index (κ3) is 4.76. The average molecular weight is 530 g/mol. The normalized spacial score (nSPS) is 10.7. The van der Waals surface area contributed by atoms with Crippen LogP contribution in [0.25, 0.3) is 5.69 Å². The standard InChI is InChI=1S/C22H14BrF2N5O4/c1-11-28-29-22(34-11)27-20(32)12-5-7-14(23)17(9-12)26-21(33)13-6-8-18(31)30(10-13)19-15(24)3-2-4-16(19)25/h2-10H,1H3,(H,26,33)(H,27,29,32). The molecular formula is C22H14BrF2N5O4. The summed E-state index contributed by atoms with van der Waals surface area (Å²) in [5.74, 6) is -2.89. The van der Waals surface area contributed by atoms with Crippen molar-refractivity contribution in [2.24, 2.45) is 0 Å². The Morgan fingerprint density at radius 1 is 0.971 bits per heavy atom. The Labute approximate surface area is 198 Å². The minimum absolute atomic E-state index is 0.0506. The lowest BCUT2D eigenvalue weighted by atomic mass is 10.1. The van der Waals surface area contributed by atoms with Gasteiger partial charge in [-0.05, 0) is 52.3 Å². The number of hydrogen-bond donors (Lipinski definition) is 2. The molecule has 0 unspecified atom stereocenters. The van der Waals surface area contributed by atoms with Crippen LogP contribution in [0.2, 0.25) is 0 Å². The molecule has 2 heterocycles. The van der Waals surface area contributed by atoms with E-state index in [4.69, 9.17) is 4.42 Å². The minimum Gasteiger partial charge on any atom is -0.408 e. The smallest absolute Gasteiger partial charge is 0.322 e. The predicted octanol–water partition coefficient (Wildman–Crippen LogP) is 4.07. The molecular weight excluding hydrogens is 516 g/mol. The van der Waals surface area contributed by atoms with E-state index in [1.807, 2.05) is 0 Å². The van der Waals surface area contributed by atoms with Gasteiger partial charge < -0.3 is 9.73 Å². The van der Waals surface area contributed by atoms with Gasteiger partial charge in [-0.1, -0.05) is 11.2 Å². The van der Waals surface area contributed by atoms with Crippen molar-refractivity contribution in [3.8, 4) is 5.69 Å². The van der Waals surface area contributed by atoms with E-state index >= 15 is 0 Å². The molecule has 0 bridgehead atoms. The van der Waals surface area contributed by atoms with E-state index < -0.39 is 34.7 Å². The van der Waals surface area contributed by atoms with E-state index in [2.05, 4.69) is 36.8 Å². The molecule has 0 aliphatic rings. The van der Waals surface area contributed by atoms with Gasteiger partial charge >= 0.3 is 6.01 Å². The van der Waals surface area contributed by atoms with Crippen LogP contribution in [-0.2, 0) is 0 Å². The van der Waals surface area contributed by atoms with E-state index in [-0.39, 0.29) is 28.7 Å². The Morgan fingerprint density at radius 3 is 2.32 bits per heavy atom. The van der Waals surface area contributed by atoms with Crippen molar-refractivity contribution in [3.05, 3.63) is 98.2 Å². The molecule has 0 atom stereocenters. The number of para-hydroxylation sites is 1. The number of benzene rings is 2. The van der Waals surface area contributed by atoms with Crippen molar-refractivity contribution < 1.29 is 22.8 Å². The molecule has 0 saturated carbocycles. The van der Waals surface area contributed by atoms with Gasteiger partial charge in [-0.3, -0.25) is 24.3 Å². The number of amides is 2. The fraction of sp³-hybridized carbons (Fsp3) is 0.0455. The summed E-state index contributed by atoms with van der Waals surface area (Å²) in [6.07, 6.45) is 1.03. The molecule has 2 amide bonds. The number of hydrogen-bond acceptors (Lipinski definition) is 6. The summed E-state index contributed by atoms with van der Waals surface area (Å²) in [6.45, 7) is 1.57. The highest BCUT2D eigenvalue weighted by atomic mass is 79.9. The van der Waals surface area contributed by atoms with Crippen molar-refractivity contribution in [2.45, 2.75) is 6.92 Å². The molecule has 0 spiro atoms. The zero-order chi connectivity index (χ0) is 24.4. The molecule has 4 aromatic rings. The lowest BCUT2D eigenvalue weighted by molar-refractivity contribution is 0.101. The SMILES string of the molecule is Cc1nnc(NC(=O)c2ccc(Br)c(NC(=O)c3ccc(=O)n(-c4c(F)cccc4F)c3)c2)o1. The van der Waals surface area contributed by atoms with Crippen LogP contribution in [0.3, 0.4) is 0 Å². The van der Waals surface area contributed by atoms with Crippen LogP contribution in [0, 0.1) is 18.6 Å². The maximum absolute atomic E-state index is 14.2. The Bertz CT molecular complexity index is 1460. The lowest BCUT2D eigenvalue weighted by Crippen LogP contribution is -2.22. The molecule has 2 aromatic carbocycles. The summed E-state index contributed by atoms with van der Waals surface area (Å²) < 4.78 is 34.6. The second-order valence-corrected chi connectivity index (χ2v) is 7.78. The summed E-state index contributed by atoms with van der Waals surface area (Å²) in [7, 11) is 0. The van der Waals surface area contributed by atoms with Crippen LogP contribution in [0.5, 0.6) is 0 Å². The maximum atomic E-state index is 14.2. The van der Waals surface area contributed by atoms with Gasteiger partial charge in [-0.2, -0.15) is 0 Å². The van der Waals surface area contributed by atoms with E-state index in [1.165, 1.54) is 18.2 Å². The molecule has 0 aliphatic heterocycles. The number of nitrogens with zero attached hydrogens (tertiary/aromatic N) is 3. The van der Waals surface area contributed by atoms with Crippen molar-refractivity contribution in [2.75, 3.05) is 10.6 Å². The van der Waals surface area contributed by atoms with Crippen LogP contribution >= 0.6 is 15.9 Å². The van der Waals surface area contributed by atoms with Crippen molar-refractivity contribution >= 4 is 39.4 Å². The summed E-state index contributed by atoms with van der Waals surface area (Å²) in [5.41, 5.74) is -0.970. The number of carbonyl (C=O) groups excluding carboxylic acids is 2. The van der Waals surface area contributed by atoms with E-state index in [9.17, 15) is 23.2 Å². The van der Waals surface area contributed by atoms with E-state index in [0.29, 0.717) is 9.04 Å². The number of halogens is 3. The highest BCUT2D eigenvalue weighted by molar-refractivity contribution is 9.10. The fourth-order valence-electron chi connectivity index (χ4n) is 2.99. The second kappa shape index (κ2) is 9.35. The molecule has 0 fully saturated rings. The van der Waals surface area contributed by atoms with Gasteiger partial charge in [0, 0.05) is 29.2 Å². The fourth-order valence-corrected chi connectivity index (χ4v) is 3.33. The monoisotopic (exact) mass is 529 g/mol. The van der Waals surface area contributed by atoms with Crippen LogP contribution in [0.1, 0.15) is 26.6 Å². The highest BCUT2D eigenvalue weighted by Crippen LogP contribution is 2.25. The van der Waals surface area contributed by atoms with Gasteiger partial charge in [0.15, 0.2) is 0 Å². The summed E-state index contributed by atoms with van der Waals surface area (Å²) in [6, 6.07) is 9.75. The van der Waals surface area contributed by atoms with E-state index in [1.54, 1.807) is 13.0 Å². The molecule has 2 N–H and O–H groups in total. The molecule has 12 heteroatoms. The minimum atomic E-state index is -0.961. The number of aryl methyl sites for hydroxylation is 1.